The van der Waals surface area contributed by atoms with Gasteiger partial charge in [-0.05, 0) is 24.9 Å². The lowest BCUT2D eigenvalue weighted by molar-refractivity contribution is -0.144. The Bertz CT molecular complexity index is 327. The number of nitrogens with two attached hydrogens (primary N) is 2. The molecule has 0 radical (unpaired) electrons. The van der Waals surface area contributed by atoms with Crippen molar-refractivity contribution in [2.45, 2.75) is 18.4 Å². The third-order valence-corrected chi connectivity index (χ3v) is 2.45. The van der Waals surface area contributed by atoms with Crippen molar-refractivity contribution in [3.8, 4) is 0 Å². The summed E-state index contributed by atoms with van der Waals surface area (Å²) in [6, 6.07) is 8.84. The van der Waals surface area contributed by atoms with Crippen LogP contribution in [0.3, 0.4) is 0 Å². The monoisotopic (exact) mass is 208 g/mol. The fraction of sp³-hybridized carbons (Fsp3) is 0.364. The van der Waals surface area contributed by atoms with Crippen LogP contribution < -0.4 is 11.5 Å². The Kier molecular flexibility index (Phi) is 3.82. The van der Waals surface area contributed by atoms with Gasteiger partial charge in [0.05, 0.1) is 0 Å². The van der Waals surface area contributed by atoms with Gasteiger partial charge in [-0.2, -0.15) is 0 Å². The molecule has 1 aromatic carbocycles. The molecule has 4 nitrogen and oxygen atoms in total. The van der Waals surface area contributed by atoms with Crippen LogP contribution in [0.4, 0.5) is 0 Å². The van der Waals surface area contributed by atoms with Gasteiger partial charge in [0, 0.05) is 0 Å². The van der Waals surface area contributed by atoms with Crippen LogP contribution in [-0.4, -0.2) is 17.6 Å². The van der Waals surface area contributed by atoms with Crippen LogP contribution >= 0.6 is 0 Å². The van der Waals surface area contributed by atoms with Crippen molar-refractivity contribution in [2.24, 2.45) is 11.5 Å². The van der Waals surface area contributed by atoms with Gasteiger partial charge in [-0.1, -0.05) is 30.3 Å². The molecule has 0 spiro atoms. The predicted octanol–water partition coefficient (Wildman–Crippen LogP) is 0.664. The summed E-state index contributed by atoms with van der Waals surface area (Å²) in [5.41, 5.74) is 10.6. The molecule has 0 amide bonds. The van der Waals surface area contributed by atoms with E-state index in [9.17, 15) is 4.79 Å². The molecule has 0 aliphatic carbocycles. The standard InChI is InChI=1S/C11H16N2O2/c12-8-4-7-11(13,10(14)15)9-5-2-1-3-6-9/h1-3,5-6H,4,7-8,12-13H2,(H,14,15)/t11-/m1/s1. The van der Waals surface area contributed by atoms with Gasteiger partial charge < -0.3 is 16.6 Å². The highest BCUT2D eigenvalue weighted by atomic mass is 16.4. The van der Waals surface area contributed by atoms with Crippen molar-refractivity contribution < 1.29 is 9.90 Å². The van der Waals surface area contributed by atoms with E-state index in [0.29, 0.717) is 24.9 Å². The summed E-state index contributed by atoms with van der Waals surface area (Å²) in [6.45, 7) is 0.444. The molecule has 0 aliphatic rings. The first kappa shape index (κ1) is 11.7. The Hall–Kier alpha value is -1.39. The number of hydrogen-bond donors (Lipinski definition) is 3. The van der Waals surface area contributed by atoms with Crippen LogP contribution in [0.2, 0.25) is 0 Å². The number of rotatable bonds is 5. The lowest BCUT2D eigenvalue weighted by Crippen LogP contribution is -2.45. The lowest BCUT2D eigenvalue weighted by Gasteiger charge is -2.24. The quantitative estimate of drug-likeness (QED) is 0.663. The highest BCUT2D eigenvalue weighted by Gasteiger charge is 2.34. The van der Waals surface area contributed by atoms with Crippen LogP contribution in [-0.2, 0) is 10.3 Å². The molecule has 1 aromatic rings. The molecular weight excluding hydrogens is 192 g/mol. The Balaban J connectivity index is 2.96. The molecule has 1 atom stereocenters. The molecule has 0 saturated carbocycles. The molecule has 0 heterocycles. The zero-order valence-corrected chi connectivity index (χ0v) is 8.52. The van der Waals surface area contributed by atoms with Crippen molar-refractivity contribution in [1.82, 2.24) is 0 Å². The zero-order valence-electron chi connectivity index (χ0n) is 8.52. The molecular formula is C11H16N2O2. The molecule has 0 saturated heterocycles. The first-order chi connectivity index (χ1) is 7.11. The van der Waals surface area contributed by atoms with Crippen molar-refractivity contribution in [1.29, 1.82) is 0 Å². The maximum absolute atomic E-state index is 11.2. The van der Waals surface area contributed by atoms with Gasteiger partial charge >= 0.3 is 5.97 Å². The lowest BCUT2D eigenvalue weighted by atomic mass is 9.86. The third-order valence-electron chi connectivity index (χ3n) is 2.45. The van der Waals surface area contributed by atoms with E-state index in [-0.39, 0.29) is 0 Å². The number of carboxylic acids is 1. The van der Waals surface area contributed by atoms with E-state index < -0.39 is 11.5 Å². The van der Waals surface area contributed by atoms with Crippen molar-refractivity contribution >= 4 is 5.97 Å². The maximum atomic E-state index is 11.2. The fourth-order valence-corrected chi connectivity index (χ4v) is 1.49. The van der Waals surface area contributed by atoms with Gasteiger partial charge in [0.2, 0.25) is 0 Å². The first-order valence-electron chi connectivity index (χ1n) is 4.89. The van der Waals surface area contributed by atoms with Gasteiger partial charge in [-0.15, -0.1) is 0 Å². The summed E-state index contributed by atoms with van der Waals surface area (Å²) in [5, 5.41) is 9.15. The molecule has 1 rings (SSSR count). The summed E-state index contributed by atoms with van der Waals surface area (Å²) in [6.07, 6.45) is 0.945. The summed E-state index contributed by atoms with van der Waals surface area (Å²) in [5.74, 6) is -1.01. The summed E-state index contributed by atoms with van der Waals surface area (Å²) in [7, 11) is 0. The number of hydrogen-bond acceptors (Lipinski definition) is 3. The van der Waals surface area contributed by atoms with E-state index >= 15 is 0 Å². The minimum Gasteiger partial charge on any atom is -0.480 e. The van der Waals surface area contributed by atoms with Gasteiger partial charge in [0.25, 0.3) is 0 Å². The fourth-order valence-electron chi connectivity index (χ4n) is 1.49. The predicted molar refractivity (Wildman–Crippen MR) is 58.2 cm³/mol. The second-order valence-corrected chi connectivity index (χ2v) is 3.53. The molecule has 0 aromatic heterocycles. The zero-order chi connectivity index (χ0) is 11.3. The largest absolute Gasteiger partial charge is 0.480 e. The van der Waals surface area contributed by atoms with Crippen molar-refractivity contribution in [2.75, 3.05) is 6.54 Å². The molecule has 82 valence electrons. The number of carbonyl (C=O) groups is 1. The minimum absolute atomic E-state index is 0.350. The highest BCUT2D eigenvalue weighted by Crippen LogP contribution is 2.23. The molecule has 15 heavy (non-hydrogen) atoms. The van der Waals surface area contributed by atoms with E-state index in [1.165, 1.54) is 0 Å². The molecule has 0 aliphatic heterocycles. The van der Waals surface area contributed by atoms with Crippen LogP contribution in [0.15, 0.2) is 30.3 Å². The second kappa shape index (κ2) is 4.91. The second-order valence-electron chi connectivity index (χ2n) is 3.53. The SMILES string of the molecule is NCCC[C@](N)(C(=O)O)c1ccccc1. The van der Waals surface area contributed by atoms with Gasteiger partial charge in [0.15, 0.2) is 0 Å². The average Bonchev–Trinajstić information content (AvgIpc) is 2.27. The highest BCUT2D eigenvalue weighted by molar-refractivity contribution is 5.80. The Morgan fingerprint density at radius 2 is 1.93 bits per heavy atom. The molecule has 0 bridgehead atoms. The van der Waals surface area contributed by atoms with Crippen molar-refractivity contribution in [3.63, 3.8) is 0 Å². The van der Waals surface area contributed by atoms with Gasteiger partial charge in [-0.25, -0.2) is 4.79 Å². The maximum Gasteiger partial charge on any atom is 0.328 e. The van der Waals surface area contributed by atoms with Gasteiger partial charge in [0.1, 0.15) is 5.54 Å². The van der Waals surface area contributed by atoms with Crippen molar-refractivity contribution in [3.05, 3.63) is 35.9 Å². The Morgan fingerprint density at radius 1 is 1.33 bits per heavy atom. The number of benzene rings is 1. The summed E-state index contributed by atoms with van der Waals surface area (Å²) in [4.78, 5) is 11.2. The first-order valence-corrected chi connectivity index (χ1v) is 4.89. The van der Waals surface area contributed by atoms with Crippen LogP contribution in [0.25, 0.3) is 0 Å². The van der Waals surface area contributed by atoms with E-state index in [0.717, 1.165) is 0 Å². The Morgan fingerprint density at radius 3 is 2.40 bits per heavy atom. The molecule has 0 fully saturated rings. The normalized spacial score (nSPS) is 14.5. The van der Waals surface area contributed by atoms with Crippen LogP contribution in [0.5, 0.6) is 0 Å². The van der Waals surface area contributed by atoms with Crippen LogP contribution in [0.1, 0.15) is 18.4 Å². The van der Waals surface area contributed by atoms with E-state index in [2.05, 4.69) is 0 Å². The summed E-state index contributed by atoms with van der Waals surface area (Å²) >= 11 is 0. The number of aliphatic carboxylic acids is 1. The molecule has 0 unspecified atom stereocenters. The third kappa shape index (κ3) is 2.55. The smallest absolute Gasteiger partial charge is 0.328 e. The van der Waals surface area contributed by atoms with Crippen LogP contribution in [0, 0.1) is 0 Å². The van der Waals surface area contributed by atoms with Gasteiger partial charge in [-0.3, -0.25) is 0 Å². The van der Waals surface area contributed by atoms with E-state index in [4.69, 9.17) is 16.6 Å². The molecule has 4 heteroatoms. The minimum atomic E-state index is -1.32. The number of carboxylic acid groups (broad SMARTS) is 1. The summed E-state index contributed by atoms with van der Waals surface area (Å²) < 4.78 is 0. The average molecular weight is 208 g/mol. The van der Waals surface area contributed by atoms with E-state index in [1.807, 2.05) is 6.07 Å². The Labute approximate surface area is 88.9 Å². The van der Waals surface area contributed by atoms with E-state index in [1.54, 1.807) is 24.3 Å². The molecule has 5 N–H and O–H groups in total. The topological polar surface area (TPSA) is 89.3 Å².